The van der Waals surface area contributed by atoms with Gasteiger partial charge in [-0.1, -0.05) is 18.9 Å². The van der Waals surface area contributed by atoms with Crippen LogP contribution in [0.15, 0.2) is 23.1 Å². The Morgan fingerprint density at radius 2 is 1.78 bits per heavy atom. The van der Waals surface area contributed by atoms with E-state index in [0.717, 1.165) is 11.1 Å². The van der Waals surface area contributed by atoms with E-state index in [1.165, 1.54) is 0 Å². The van der Waals surface area contributed by atoms with Crippen molar-refractivity contribution >= 4 is 21.7 Å². The first-order chi connectivity index (χ1) is 12.6. The van der Waals surface area contributed by atoms with Crippen LogP contribution in [0.25, 0.3) is 0 Å². The zero-order valence-corrected chi connectivity index (χ0v) is 17.3. The maximum atomic E-state index is 13.4. The quantitative estimate of drug-likeness (QED) is 0.717. The fourth-order valence-corrected chi connectivity index (χ4v) is 5.60. The molecule has 1 N–H and O–H groups in total. The molecule has 0 radical (unpaired) electrons. The summed E-state index contributed by atoms with van der Waals surface area (Å²) in [5.41, 5.74) is 1.88. The molecular formula is C20H29NO5S. The van der Waals surface area contributed by atoms with Gasteiger partial charge in [0.1, 0.15) is 0 Å². The molecule has 7 heteroatoms. The maximum Gasteiger partial charge on any atom is 0.307 e. The van der Waals surface area contributed by atoms with Crippen molar-refractivity contribution in [2.24, 2.45) is 0 Å². The third-order valence-electron chi connectivity index (χ3n) is 5.11. The first-order valence-electron chi connectivity index (χ1n) is 9.40. The summed E-state index contributed by atoms with van der Waals surface area (Å²) in [5.74, 6) is -0.932. The van der Waals surface area contributed by atoms with E-state index < -0.39 is 26.5 Å². The van der Waals surface area contributed by atoms with Gasteiger partial charge in [0.25, 0.3) is 0 Å². The Bertz CT molecular complexity index is 808. The van der Waals surface area contributed by atoms with E-state index in [1.54, 1.807) is 32.0 Å². The molecule has 150 valence electrons. The number of ether oxygens (including phenoxy) is 1. The molecule has 6 nitrogen and oxygen atoms in total. The fraction of sp³-hybridized carbons (Fsp3) is 0.600. The number of carbonyl (C=O) groups excluding carboxylic acids is 2. The predicted octanol–water partition coefficient (Wildman–Crippen LogP) is 2.85. The monoisotopic (exact) mass is 395 g/mol. The lowest BCUT2D eigenvalue weighted by Gasteiger charge is -2.28. The number of hydrogen-bond donors (Lipinski definition) is 1. The van der Waals surface area contributed by atoms with Gasteiger partial charge in [-0.25, -0.2) is 8.42 Å². The van der Waals surface area contributed by atoms with Crippen LogP contribution in [-0.4, -0.2) is 37.7 Å². The molecular weight excluding hydrogens is 366 g/mol. The van der Waals surface area contributed by atoms with Gasteiger partial charge in [0.05, 0.1) is 17.4 Å². The molecule has 1 amide bonds. The van der Waals surface area contributed by atoms with Gasteiger partial charge < -0.3 is 10.1 Å². The van der Waals surface area contributed by atoms with Crippen molar-refractivity contribution in [3.63, 3.8) is 0 Å². The van der Waals surface area contributed by atoms with Gasteiger partial charge in [-0.2, -0.15) is 0 Å². The fourth-order valence-electron chi connectivity index (χ4n) is 3.43. The molecule has 1 fully saturated rings. The Hall–Kier alpha value is -1.89. The van der Waals surface area contributed by atoms with E-state index >= 15 is 0 Å². The van der Waals surface area contributed by atoms with Crippen molar-refractivity contribution in [1.29, 1.82) is 0 Å². The average molecular weight is 396 g/mol. The van der Waals surface area contributed by atoms with Crippen LogP contribution in [-0.2, 0) is 24.2 Å². The third-order valence-corrected chi connectivity index (χ3v) is 7.61. The van der Waals surface area contributed by atoms with Gasteiger partial charge in [-0.15, -0.1) is 0 Å². The summed E-state index contributed by atoms with van der Waals surface area (Å²) in [7, 11) is -3.84. The molecule has 0 spiro atoms. The maximum absolute atomic E-state index is 13.4. The van der Waals surface area contributed by atoms with Gasteiger partial charge in [0.2, 0.25) is 5.91 Å². The largest absolute Gasteiger partial charge is 0.463 e. The second-order valence-electron chi connectivity index (χ2n) is 7.50. The van der Waals surface area contributed by atoms with Crippen LogP contribution >= 0.6 is 0 Å². The lowest BCUT2D eigenvalue weighted by Crippen LogP contribution is -2.51. The van der Waals surface area contributed by atoms with Gasteiger partial charge >= 0.3 is 5.97 Å². The Morgan fingerprint density at radius 1 is 1.15 bits per heavy atom. The smallest absolute Gasteiger partial charge is 0.307 e. The number of nitrogens with one attached hydrogen (secondary N) is 1. The van der Waals surface area contributed by atoms with E-state index in [4.69, 9.17) is 4.74 Å². The highest BCUT2D eigenvalue weighted by Gasteiger charge is 2.52. The molecule has 0 bridgehead atoms. The zero-order valence-electron chi connectivity index (χ0n) is 16.5. The molecule has 0 atom stereocenters. The van der Waals surface area contributed by atoms with Crippen molar-refractivity contribution < 1.29 is 22.7 Å². The van der Waals surface area contributed by atoms with Gasteiger partial charge in [0.15, 0.2) is 14.6 Å². The Balaban J connectivity index is 2.19. The molecule has 0 saturated heterocycles. The molecule has 1 aliphatic carbocycles. The second kappa shape index (κ2) is 8.42. The zero-order chi connectivity index (χ0) is 20.2. The normalized spacial score (nSPS) is 16.3. The third kappa shape index (κ3) is 4.51. The molecule has 1 aromatic carbocycles. The van der Waals surface area contributed by atoms with E-state index in [2.05, 4.69) is 5.32 Å². The second-order valence-corrected chi connectivity index (χ2v) is 9.76. The Morgan fingerprint density at radius 3 is 2.33 bits per heavy atom. The lowest BCUT2D eigenvalue weighted by atomic mass is 10.1. The molecule has 0 aliphatic heterocycles. The van der Waals surface area contributed by atoms with Crippen molar-refractivity contribution in [1.82, 2.24) is 5.32 Å². The number of rotatable bonds is 7. The number of aryl methyl sites for hydroxylation is 2. The first kappa shape index (κ1) is 21.4. The number of sulfone groups is 1. The predicted molar refractivity (Wildman–Crippen MR) is 103 cm³/mol. The summed E-state index contributed by atoms with van der Waals surface area (Å²) < 4.78 is 30.3. The van der Waals surface area contributed by atoms with Crippen LogP contribution in [0.4, 0.5) is 0 Å². The van der Waals surface area contributed by atoms with E-state index in [0.29, 0.717) is 25.7 Å². The van der Waals surface area contributed by atoms with E-state index in [-0.39, 0.29) is 24.0 Å². The van der Waals surface area contributed by atoms with Gasteiger partial charge in [0, 0.05) is 6.54 Å². The molecule has 1 aliphatic rings. The van der Waals surface area contributed by atoms with Crippen LogP contribution in [0.5, 0.6) is 0 Å². The summed E-state index contributed by atoms with van der Waals surface area (Å²) in [6.45, 7) is 7.34. The summed E-state index contributed by atoms with van der Waals surface area (Å²) in [6.07, 6.45) is 1.76. The molecule has 0 heterocycles. The van der Waals surface area contributed by atoms with Crippen molar-refractivity contribution in [2.45, 2.75) is 75.5 Å². The molecule has 1 saturated carbocycles. The SMILES string of the molecule is Cc1ccc(S(=O)(=O)C2(C(=O)NCCC(=O)OC(C)C)CCCC2)cc1C. The number of hydrogen-bond acceptors (Lipinski definition) is 5. The summed E-state index contributed by atoms with van der Waals surface area (Å²) in [5, 5.41) is 2.65. The number of esters is 1. The standard InChI is InChI=1S/C20H29NO5S/c1-14(2)26-18(22)9-12-21-19(23)20(10-5-6-11-20)27(24,25)17-8-7-15(3)16(4)13-17/h7-8,13-14H,5-6,9-12H2,1-4H3,(H,21,23). The number of benzene rings is 1. The average Bonchev–Trinajstić information content (AvgIpc) is 3.08. The van der Waals surface area contributed by atoms with Crippen molar-refractivity contribution in [3.05, 3.63) is 29.3 Å². The Kier molecular flexibility index (Phi) is 6.68. The van der Waals surface area contributed by atoms with Gasteiger partial charge in [-0.05, 0) is 63.8 Å². The molecule has 27 heavy (non-hydrogen) atoms. The Labute approximate surface area is 161 Å². The van der Waals surface area contributed by atoms with Gasteiger partial charge in [-0.3, -0.25) is 9.59 Å². The molecule has 0 aromatic heterocycles. The minimum absolute atomic E-state index is 0.0175. The molecule has 1 aromatic rings. The van der Waals surface area contributed by atoms with Crippen LogP contribution in [0.1, 0.15) is 57.1 Å². The topological polar surface area (TPSA) is 89.5 Å². The summed E-state index contributed by atoms with van der Waals surface area (Å²) in [4.78, 5) is 24.7. The summed E-state index contributed by atoms with van der Waals surface area (Å²) in [6, 6.07) is 4.98. The van der Waals surface area contributed by atoms with Crippen molar-refractivity contribution in [3.8, 4) is 0 Å². The summed E-state index contributed by atoms with van der Waals surface area (Å²) >= 11 is 0. The van der Waals surface area contributed by atoms with E-state index in [1.807, 2.05) is 13.8 Å². The molecule has 2 rings (SSSR count). The first-order valence-corrected chi connectivity index (χ1v) is 10.9. The lowest BCUT2D eigenvalue weighted by molar-refractivity contribution is -0.147. The highest BCUT2D eigenvalue weighted by Crippen LogP contribution is 2.41. The number of amides is 1. The van der Waals surface area contributed by atoms with Crippen LogP contribution in [0.3, 0.4) is 0 Å². The van der Waals surface area contributed by atoms with Crippen LogP contribution in [0, 0.1) is 13.8 Å². The number of carbonyl (C=O) groups is 2. The van der Waals surface area contributed by atoms with E-state index in [9.17, 15) is 18.0 Å². The molecule has 0 unspecified atom stereocenters. The van der Waals surface area contributed by atoms with Crippen LogP contribution < -0.4 is 5.32 Å². The highest BCUT2D eigenvalue weighted by molar-refractivity contribution is 7.93. The van der Waals surface area contributed by atoms with Crippen LogP contribution in [0.2, 0.25) is 0 Å². The minimum atomic E-state index is -3.84. The highest BCUT2D eigenvalue weighted by atomic mass is 32.2. The van der Waals surface area contributed by atoms with Crippen molar-refractivity contribution in [2.75, 3.05) is 6.54 Å². The minimum Gasteiger partial charge on any atom is -0.463 e.